The fraction of sp³-hybridized carbons (Fsp3) is 0.100. The van der Waals surface area contributed by atoms with Crippen LogP contribution in [0.5, 0.6) is 0 Å². The number of nitrogens with zero attached hydrogens (tertiary/aromatic N) is 3. The molecule has 4 aromatic rings. The molecule has 0 spiro atoms. The van der Waals surface area contributed by atoms with Crippen molar-refractivity contribution in [3.63, 3.8) is 0 Å². The van der Waals surface area contributed by atoms with Crippen molar-refractivity contribution in [3.05, 3.63) is 76.9 Å². The summed E-state index contributed by atoms with van der Waals surface area (Å²) in [5, 5.41) is 8.61. The lowest BCUT2D eigenvalue weighted by atomic mass is 10.0. The highest BCUT2D eigenvalue weighted by Gasteiger charge is 2.12. The monoisotopic (exact) mass is 375 g/mol. The number of hydrogen-bond donors (Lipinski definition) is 2. The molecule has 0 amide bonds. The summed E-state index contributed by atoms with van der Waals surface area (Å²) in [6.45, 7) is 1.19. The number of anilines is 1. The lowest BCUT2D eigenvalue weighted by Gasteiger charge is -2.12. The van der Waals surface area contributed by atoms with Crippen LogP contribution in [0.3, 0.4) is 0 Å². The van der Waals surface area contributed by atoms with E-state index < -0.39 is 0 Å². The maximum Gasteiger partial charge on any atom is 0.151 e. The van der Waals surface area contributed by atoms with Gasteiger partial charge in [0.1, 0.15) is 13.7 Å². The lowest BCUT2D eigenvalue weighted by molar-refractivity contribution is 0.926. The van der Waals surface area contributed by atoms with Gasteiger partial charge in [0, 0.05) is 35.9 Å². The van der Waals surface area contributed by atoms with Crippen LogP contribution in [0.1, 0.15) is 11.1 Å². The Balaban J connectivity index is 1.74. The van der Waals surface area contributed by atoms with E-state index >= 15 is 0 Å². The molecule has 7 heteroatoms. The lowest BCUT2D eigenvalue weighted by Crippen LogP contribution is -2.10. The molecule has 4 rings (SSSR count). The van der Waals surface area contributed by atoms with Crippen LogP contribution in [0.2, 0.25) is 5.02 Å². The summed E-state index contributed by atoms with van der Waals surface area (Å²) >= 11 is 6.39. The molecule has 0 atom stereocenters. The van der Waals surface area contributed by atoms with Crippen molar-refractivity contribution >= 4 is 36.4 Å². The van der Waals surface area contributed by atoms with Gasteiger partial charge in [0.2, 0.25) is 0 Å². The van der Waals surface area contributed by atoms with E-state index in [2.05, 4.69) is 22.5 Å². The second-order valence-electron chi connectivity index (χ2n) is 6.45. The Bertz CT molecular complexity index is 1110. The van der Waals surface area contributed by atoms with Crippen LogP contribution in [0.4, 0.5) is 5.82 Å². The van der Waals surface area contributed by atoms with Crippen LogP contribution in [0, 0.1) is 0 Å². The van der Waals surface area contributed by atoms with Crippen LogP contribution < -0.4 is 16.5 Å². The smallest absolute Gasteiger partial charge is 0.151 e. The minimum atomic E-state index is 0.530. The molecule has 2 heterocycles. The predicted molar refractivity (Wildman–Crippen MR) is 113 cm³/mol. The normalized spacial score (nSPS) is 11.0. The van der Waals surface area contributed by atoms with Gasteiger partial charge in [0.15, 0.2) is 5.65 Å². The molecule has 2 aromatic carbocycles. The van der Waals surface area contributed by atoms with E-state index in [1.807, 2.05) is 61.0 Å². The summed E-state index contributed by atoms with van der Waals surface area (Å²) in [7, 11) is 2.00. The van der Waals surface area contributed by atoms with Crippen LogP contribution in [0.25, 0.3) is 16.9 Å². The average molecular weight is 376 g/mol. The van der Waals surface area contributed by atoms with E-state index in [9.17, 15) is 0 Å². The van der Waals surface area contributed by atoms with Crippen LogP contribution in [-0.2, 0) is 13.1 Å². The van der Waals surface area contributed by atoms with Gasteiger partial charge in [-0.1, -0.05) is 54.1 Å². The fourth-order valence-electron chi connectivity index (χ4n) is 3.06. The molecule has 5 nitrogen and oxygen atoms in total. The third kappa shape index (κ3) is 3.54. The quantitative estimate of drug-likeness (QED) is 0.526. The molecule has 0 saturated carbocycles. The van der Waals surface area contributed by atoms with Gasteiger partial charge in [-0.15, -0.1) is 0 Å². The van der Waals surface area contributed by atoms with E-state index in [1.54, 1.807) is 0 Å². The minimum Gasteiger partial charge on any atom is -0.366 e. The standard InChI is InChI=1S/C20H19BClN5/c21-16-12-25-27-19(24-11-14-5-3-4-13(8-14)10-23)9-18(26-20(16)27)15-6-1-2-7-17(15)22/h1-9,12,24H,10-11,21,23H2. The van der Waals surface area contributed by atoms with Gasteiger partial charge in [-0.05, 0) is 22.7 Å². The molecule has 0 radical (unpaired) electrons. The van der Waals surface area contributed by atoms with Crippen molar-refractivity contribution in [3.8, 4) is 11.3 Å². The van der Waals surface area contributed by atoms with Gasteiger partial charge in [-0.2, -0.15) is 9.61 Å². The van der Waals surface area contributed by atoms with Gasteiger partial charge in [-0.25, -0.2) is 4.98 Å². The summed E-state index contributed by atoms with van der Waals surface area (Å²) < 4.78 is 1.82. The molecule has 0 aliphatic heterocycles. The third-order valence-electron chi connectivity index (χ3n) is 4.50. The van der Waals surface area contributed by atoms with Crippen molar-refractivity contribution in [2.45, 2.75) is 13.1 Å². The number of fused-ring (bicyclic) bond motifs is 1. The average Bonchev–Trinajstić information content (AvgIpc) is 3.07. The Labute approximate surface area is 163 Å². The molecule has 0 saturated heterocycles. The maximum atomic E-state index is 6.39. The topological polar surface area (TPSA) is 68.2 Å². The molecule has 3 N–H and O–H groups in total. The Morgan fingerprint density at radius 1 is 1.07 bits per heavy atom. The molecule has 0 unspecified atom stereocenters. The van der Waals surface area contributed by atoms with E-state index in [0.29, 0.717) is 18.1 Å². The van der Waals surface area contributed by atoms with Gasteiger partial charge in [0.05, 0.1) is 5.69 Å². The maximum absolute atomic E-state index is 6.39. The van der Waals surface area contributed by atoms with E-state index in [1.165, 1.54) is 0 Å². The first-order valence-electron chi connectivity index (χ1n) is 8.78. The number of rotatable bonds is 5. The summed E-state index contributed by atoms with van der Waals surface area (Å²) in [4.78, 5) is 4.77. The van der Waals surface area contributed by atoms with E-state index in [0.717, 1.165) is 39.3 Å². The highest BCUT2D eigenvalue weighted by molar-refractivity contribution is 6.36. The Hall–Kier alpha value is -2.83. The Morgan fingerprint density at radius 2 is 1.89 bits per heavy atom. The zero-order valence-electron chi connectivity index (χ0n) is 15.0. The summed E-state index contributed by atoms with van der Waals surface area (Å²) in [6, 6.07) is 17.9. The van der Waals surface area contributed by atoms with Crippen LogP contribution in [-0.4, -0.2) is 22.4 Å². The Morgan fingerprint density at radius 3 is 2.70 bits per heavy atom. The number of benzene rings is 2. The van der Waals surface area contributed by atoms with Crippen molar-refractivity contribution in [2.24, 2.45) is 5.73 Å². The molecule has 134 valence electrons. The van der Waals surface area contributed by atoms with Crippen molar-refractivity contribution in [1.82, 2.24) is 14.6 Å². The number of nitrogens with one attached hydrogen (secondary N) is 1. The summed E-state index contributed by atoms with van der Waals surface area (Å²) in [6.07, 6.45) is 1.82. The third-order valence-corrected chi connectivity index (χ3v) is 4.83. The second kappa shape index (κ2) is 7.43. The van der Waals surface area contributed by atoms with Gasteiger partial charge >= 0.3 is 0 Å². The molecule has 0 bridgehead atoms. The van der Waals surface area contributed by atoms with Crippen molar-refractivity contribution in [1.29, 1.82) is 0 Å². The molecule has 0 aliphatic carbocycles. The van der Waals surface area contributed by atoms with Crippen LogP contribution >= 0.6 is 11.6 Å². The molecule has 27 heavy (non-hydrogen) atoms. The van der Waals surface area contributed by atoms with E-state index in [-0.39, 0.29) is 0 Å². The summed E-state index contributed by atoms with van der Waals surface area (Å²) in [5.74, 6) is 0.862. The molecular weight excluding hydrogens is 357 g/mol. The number of hydrogen-bond acceptors (Lipinski definition) is 4. The van der Waals surface area contributed by atoms with Gasteiger partial charge in [-0.3, -0.25) is 0 Å². The fourth-order valence-corrected chi connectivity index (χ4v) is 3.30. The van der Waals surface area contributed by atoms with Crippen LogP contribution in [0.15, 0.2) is 60.8 Å². The first kappa shape index (κ1) is 17.6. The molecule has 0 fully saturated rings. The summed E-state index contributed by atoms with van der Waals surface area (Å²) in [5.41, 5.74) is 11.6. The van der Waals surface area contributed by atoms with E-state index in [4.69, 9.17) is 22.3 Å². The largest absolute Gasteiger partial charge is 0.366 e. The second-order valence-corrected chi connectivity index (χ2v) is 6.85. The number of halogens is 1. The SMILES string of the molecule is Bc1cnn2c(NCc3cccc(CN)c3)cc(-c3ccccc3Cl)nc12. The molecule has 0 aliphatic rings. The minimum absolute atomic E-state index is 0.530. The first-order valence-corrected chi connectivity index (χ1v) is 9.15. The Kier molecular flexibility index (Phi) is 4.84. The predicted octanol–water partition coefficient (Wildman–Crippen LogP) is 2.38. The van der Waals surface area contributed by atoms with Gasteiger partial charge in [0.25, 0.3) is 0 Å². The first-order chi connectivity index (χ1) is 13.2. The highest BCUT2D eigenvalue weighted by atomic mass is 35.5. The molecular formula is C20H19BClN5. The number of nitrogens with two attached hydrogens (primary N) is 1. The highest BCUT2D eigenvalue weighted by Crippen LogP contribution is 2.28. The van der Waals surface area contributed by atoms with Crippen molar-refractivity contribution in [2.75, 3.05) is 5.32 Å². The molecule has 2 aromatic heterocycles. The zero-order chi connectivity index (χ0) is 18.8. The number of aromatic nitrogens is 3. The van der Waals surface area contributed by atoms with Gasteiger partial charge < -0.3 is 11.1 Å². The van der Waals surface area contributed by atoms with Crippen molar-refractivity contribution < 1.29 is 0 Å². The zero-order valence-corrected chi connectivity index (χ0v) is 15.7.